The van der Waals surface area contributed by atoms with Crippen molar-refractivity contribution in [1.29, 1.82) is 5.26 Å². The topological polar surface area (TPSA) is 114 Å². The number of nitrogens with one attached hydrogen (secondary N) is 1. The molecule has 2 rings (SSSR count). The average molecular weight is 361 g/mol. The normalized spacial score (nSPS) is 11.4. The van der Waals surface area contributed by atoms with Crippen LogP contribution >= 0.6 is 23.1 Å². The Kier molecular flexibility index (Phi) is 6.17. The summed E-state index contributed by atoms with van der Waals surface area (Å²) >= 11 is 2.54. The van der Waals surface area contributed by atoms with E-state index in [0.717, 1.165) is 11.4 Å². The van der Waals surface area contributed by atoms with Gasteiger partial charge < -0.3 is 15.8 Å². The SMILES string of the molecule is COc1cccc(Nc2nnc(SCC(=O)C(C#N)=C(C)N)s2)c1. The van der Waals surface area contributed by atoms with E-state index in [1.54, 1.807) is 7.11 Å². The molecule has 0 bridgehead atoms. The molecule has 0 saturated carbocycles. The van der Waals surface area contributed by atoms with Gasteiger partial charge in [-0.1, -0.05) is 29.2 Å². The van der Waals surface area contributed by atoms with E-state index >= 15 is 0 Å². The van der Waals surface area contributed by atoms with Gasteiger partial charge in [0.05, 0.1) is 12.9 Å². The van der Waals surface area contributed by atoms with E-state index in [-0.39, 0.29) is 22.8 Å². The molecule has 0 aliphatic rings. The second-order valence-corrected chi connectivity index (χ2v) is 6.81. The molecule has 0 aliphatic carbocycles. The summed E-state index contributed by atoms with van der Waals surface area (Å²) in [7, 11) is 1.60. The number of hydrogen-bond acceptors (Lipinski definition) is 9. The van der Waals surface area contributed by atoms with Crippen molar-refractivity contribution in [2.24, 2.45) is 5.73 Å². The Bertz CT molecular complexity index is 806. The number of methoxy groups -OCH3 is 1. The predicted molar refractivity (Wildman–Crippen MR) is 94.4 cm³/mol. The quantitative estimate of drug-likeness (QED) is 0.439. The summed E-state index contributed by atoms with van der Waals surface area (Å²) in [6.07, 6.45) is 0. The Morgan fingerprint density at radius 3 is 2.96 bits per heavy atom. The van der Waals surface area contributed by atoms with Gasteiger partial charge in [-0.15, -0.1) is 10.2 Å². The number of carbonyl (C=O) groups excluding carboxylic acids is 1. The minimum atomic E-state index is -0.319. The molecular weight excluding hydrogens is 346 g/mol. The van der Waals surface area contributed by atoms with Crippen LogP contribution < -0.4 is 15.8 Å². The maximum absolute atomic E-state index is 11.9. The van der Waals surface area contributed by atoms with Gasteiger partial charge in [0.15, 0.2) is 10.1 Å². The molecule has 0 spiro atoms. The molecule has 0 unspecified atom stereocenters. The summed E-state index contributed by atoms with van der Waals surface area (Å²) < 4.78 is 5.79. The van der Waals surface area contributed by atoms with E-state index in [2.05, 4.69) is 15.5 Å². The highest BCUT2D eigenvalue weighted by Gasteiger charge is 2.14. The van der Waals surface area contributed by atoms with Gasteiger partial charge >= 0.3 is 0 Å². The molecule has 3 N–H and O–H groups in total. The lowest BCUT2D eigenvalue weighted by Gasteiger charge is -2.04. The first kappa shape index (κ1) is 17.8. The third-order valence-electron chi connectivity index (χ3n) is 2.84. The summed E-state index contributed by atoms with van der Waals surface area (Å²) in [5, 5.41) is 20.7. The first-order chi connectivity index (χ1) is 11.5. The molecule has 0 radical (unpaired) electrons. The lowest BCUT2D eigenvalue weighted by Crippen LogP contribution is -2.10. The van der Waals surface area contributed by atoms with Gasteiger partial charge in [0.2, 0.25) is 5.13 Å². The third kappa shape index (κ3) is 4.71. The fourth-order valence-corrected chi connectivity index (χ4v) is 3.36. The molecule has 1 heterocycles. The first-order valence-corrected chi connectivity index (χ1v) is 8.60. The number of anilines is 2. The number of nitrogens with zero attached hydrogens (tertiary/aromatic N) is 3. The molecule has 1 aromatic carbocycles. The lowest BCUT2D eigenvalue weighted by molar-refractivity contribution is -0.112. The number of aromatic nitrogens is 2. The van der Waals surface area contributed by atoms with Crippen LogP contribution in [0.4, 0.5) is 10.8 Å². The Labute approximate surface area is 147 Å². The zero-order valence-electron chi connectivity index (χ0n) is 13.1. The molecule has 0 amide bonds. The molecule has 7 nitrogen and oxygen atoms in total. The number of thioether (sulfide) groups is 1. The van der Waals surface area contributed by atoms with Gasteiger partial charge in [-0.05, 0) is 19.1 Å². The molecule has 0 atom stereocenters. The van der Waals surface area contributed by atoms with Gasteiger partial charge in [-0.25, -0.2) is 0 Å². The molecule has 124 valence electrons. The van der Waals surface area contributed by atoms with E-state index < -0.39 is 0 Å². The Balaban J connectivity index is 1.97. The first-order valence-electron chi connectivity index (χ1n) is 6.80. The highest BCUT2D eigenvalue weighted by molar-refractivity contribution is 8.01. The zero-order valence-corrected chi connectivity index (χ0v) is 14.7. The second-order valence-electron chi connectivity index (χ2n) is 4.61. The van der Waals surface area contributed by atoms with Crippen molar-refractivity contribution >= 4 is 39.7 Å². The van der Waals surface area contributed by atoms with Crippen molar-refractivity contribution in [1.82, 2.24) is 10.2 Å². The number of hydrogen-bond donors (Lipinski definition) is 2. The monoisotopic (exact) mass is 361 g/mol. The number of ether oxygens (including phenoxy) is 1. The van der Waals surface area contributed by atoms with Crippen LogP contribution in [0.25, 0.3) is 0 Å². The fourth-order valence-electron chi connectivity index (χ4n) is 1.71. The Morgan fingerprint density at radius 1 is 1.50 bits per heavy atom. The van der Waals surface area contributed by atoms with Crippen molar-refractivity contribution in [3.63, 3.8) is 0 Å². The number of rotatable bonds is 7. The molecule has 0 fully saturated rings. The summed E-state index contributed by atoms with van der Waals surface area (Å²) in [6, 6.07) is 9.25. The van der Waals surface area contributed by atoms with Crippen LogP contribution in [0.2, 0.25) is 0 Å². The van der Waals surface area contributed by atoms with E-state index in [0.29, 0.717) is 9.47 Å². The Hall–Kier alpha value is -2.57. The maximum atomic E-state index is 11.9. The van der Waals surface area contributed by atoms with E-state index in [1.165, 1.54) is 30.0 Å². The fraction of sp³-hybridized carbons (Fsp3) is 0.200. The van der Waals surface area contributed by atoms with Crippen LogP contribution in [-0.2, 0) is 4.79 Å². The summed E-state index contributed by atoms with van der Waals surface area (Å²) in [4.78, 5) is 11.9. The largest absolute Gasteiger partial charge is 0.497 e. The van der Waals surface area contributed by atoms with Crippen LogP contribution in [0, 0.1) is 11.3 Å². The zero-order chi connectivity index (χ0) is 17.5. The van der Waals surface area contributed by atoms with Crippen LogP contribution in [-0.4, -0.2) is 28.8 Å². The Morgan fingerprint density at radius 2 is 2.29 bits per heavy atom. The van der Waals surface area contributed by atoms with E-state index in [4.69, 9.17) is 15.7 Å². The third-order valence-corrected chi connectivity index (χ3v) is 4.81. The second kappa shape index (κ2) is 8.33. The minimum Gasteiger partial charge on any atom is -0.497 e. The van der Waals surface area contributed by atoms with E-state index in [1.807, 2.05) is 30.3 Å². The van der Waals surface area contributed by atoms with Crippen molar-refractivity contribution in [2.75, 3.05) is 18.2 Å². The average Bonchev–Trinajstić information content (AvgIpc) is 3.01. The van der Waals surface area contributed by atoms with Gasteiger partial charge in [0.1, 0.15) is 17.4 Å². The molecular formula is C15H15N5O2S2. The maximum Gasteiger partial charge on any atom is 0.210 e. The van der Waals surface area contributed by atoms with Crippen LogP contribution in [0.15, 0.2) is 39.9 Å². The smallest absolute Gasteiger partial charge is 0.210 e. The van der Waals surface area contributed by atoms with Gasteiger partial charge in [-0.3, -0.25) is 4.79 Å². The van der Waals surface area contributed by atoms with E-state index in [9.17, 15) is 4.79 Å². The number of nitrogens with two attached hydrogens (primary N) is 1. The molecule has 1 aromatic heterocycles. The van der Waals surface area contributed by atoms with Crippen molar-refractivity contribution in [3.05, 3.63) is 35.5 Å². The number of allylic oxidation sites excluding steroid dienone is 2. The lowest BCUT2D eigenvalue weighted by atomic mass is 10.2. The summed E-state index contributed by atoms with van der Waals surface area (Å²) in [5.41, 5.74) is 6.55. The van der Waals surface area contributed by atoms with Crippen molar-refractivity contribution in [2.45, 2.75) is 11.3 Å². The standard InChI is InChI=1S/C15H15N5O2S2/c1-9(17)12(7-16)13(21)8-23-15-20-19-14(24-15)18-10-4-3-5-11(6-10)22-2/h3-6H,8,17H2,1-2H3,(H,18,19). The number of Topliss-reactive ketones (excluding diaryl/α,β-unsaturated/α-hetero) is 1. The van der Waals surface area contributed by atoms with Gasteiger partial charge in [0.25, 0.3) is 0 Å². The molecule has 2 aromatic rings. The molecule has 9 heteroatoms. The summed E-state index contributed by atoms with van der Waals surface area (Å²) in [6.45, 7) is 1.53. The van der Waals surface area contributed by atoms with Gasteiger partial charge in [0, 0.05) is 17.5 Å². The molecule has 24 heavy (non-hydrogen) atoms. The van der Waals surface area contributed by atoms with Crippen LogP contribution in [0.3, 0.4) is 0 Å². The number of benzene rings is 1. The van der Waals surface area contributed by atoms with Crippen molar-refractivity contribution in [3.8, 4) is 11.8 Å². The van der Waals surface area contributed by atoms with Crippen LogP contribution in [0.1, 0.15) is 6.92 Å². The number of nitriles is 1. The summed E-state index contributed by atoms with van der Waals surface area (Å²) in [5.74, 6) is 0.503. The van der Waals surface area contributed by atoms with Crippen LogP contribution in [0.5, 0.6) is 5.75 Å². The van der Waals surface area contributed by atoms with Gasteiger partial charge in [-0.2, -0.15) is 5.26 Å². The minimum absolute atomic E-state index is 0.0123. The highest BCUT2D eigenvalue weighted by Crippen LogP contribution is 2.29. The number of ketones is 1. The predicted octanol–water partition coefficient (Wildman–Crippen LogP) is 2.71. The van der Waals surface area contributed by atoms with Crippen molar-refractivity contribution < 1.29 is 9.53 Å². The highest BCUT2D eigenvalue weighted by atomic mass is 32.2. The molecule has 0 saturated heterocycles. The number of carbonyl (C=O) groups is 1. The molecule has 0 aliphatic heterocycles.